The van der Waals surface area contributed by atoms with Crippen LogP contribution in [0.2, 0.25) is 0 Å². The smallest absolute Gasteiger partial charge is 0.0913 e. The minimum Gasteiger partial charge on any atom is -0.300 e. The Balaban J connectivity index is 2.48. The van der Waals surface area contributed by atoms with E-state index in [2.05, 4.69) is 26.2 Å². The molecule has 0 spiro atoms. The summed E-state index contributed by atoms with van der Waals surface area (Å²) in [6.07, 6.45) is 8.73. The monoisotopic (exact) mass is 140 g/mol. The second-order valence-electron chi connectivity index (χ2n) is 3.47. The zero-order valence-electron chi connectivity index (χ0n) is 7.14. The summed E-state index contributed by atoms with van der Waals surface area (Å²) in [6.45, 7) is 4.78. The largest absolute Gasteiger partial charge is 0.300 e. The van der Waals surface area contributed by atoms with Gasteiger partial charge in [-0.15, -0.1) is 0 Å². The predicted octanol–water partition coefficient (Wildman–Crippen LogP) is 2.15. The highest BCUT2D eigenvalue weighted by Crippen LogP contribution is 2.16. The number of quaternary nitrogens is 1. The lowest BCUT2D eigenvalue weighted by Crippen LogP contribution is -2.42. The van der Waals surface area contributed by atoms with E-state index < -0.39 is 0 Å². The van der Waals surface area contributed by atoms with E-state index in [0.717, 1.165) is 4.48 Å². The average Bonchev–Trinajstić information content (AvgIpc) is 1.89. The van der Waals surface area contributed by atoms with Gasteiger partial charge in [-0.1, -0.05) is 0 Å². The quantitative estimate of drug-likeness (QED) is 0.490. The van der Waals surface area contributed by atoms with Crippen LogP contribution in [0.5, 0.6) is 0 Å². The van der Waals surface area contributed by atoms with Gasteiger partial charge in [0.15, 0.2) is 0 Å². The first-order valence-corrected chi connectivity index (χ1v) is 4.25. The van der Waals surface area contributed by atoms with Gasteiger partial charge in [-0.3, -0.25) is 4.48 Å². The third-order valence-corrected chi connectivity index (χ3v) is 2.35. The standard InChI is InChI=1S/C9H18N/c1-3-7-10(2)8-5-4-6-9-10/h3,7H,4-6,8-9H2,1-2H3/q+1. The number of piperidine rings is 1. The van der Waals surface area contributed by atoms with Gasteiger partial charge >= 0.3 is 0 Å². The zero-order valence-corrected chi connectivity index (χ0v) is 7.14. The lowest BCUT2D eigenvalue weighted by Gasteiger charge is -2.33. The minimum absolute atomic E-state index is 1.16. The SMILES string of the molecule is CC=C[N+]1(C)CCCCC1. The van der Waals surface area contributed by atoms with Crippen LogP contribution in [0.25, 0.3) is 0 Å². The molecule has 1 fully saturated rings. The van der Waals surface area contributed by atoms with Crippen molar-refractivity contribution in [2.75, 3.05) is 20.1 Å². The third-order valence-electron chi connectivity index (χ3n) is 2.35. The molecule has 0 unspecified atom stereocenters. The molecule has 0 aliphatic carbocycles. The van der Waals surface area contributed by atoms with Gasteiger partial charge in [0.25, 0.3) is 0 Å². The molecule has 1 aliphatic rings. The molecule has 10 heavy (non-hydrogen) atoms. The third kappa shape index (κ3) is 1.84. The van der Waals surface area contributed by atoms with Gasteiger partial charge in [-0.05, 0) is 32.3 Å². The van der Waals surface area contributed by atoms with Crippen LogP contribution >= 0.6 is 0 Å². The van der Waals surface area contributed by atoms with Crippen LogP contribution < -0.4 is 0 Å². The Morgan fingerprint density at radius 3 is 2.20 bits per heavy atom. The van der Waals surface area contributed by atoms with Crippen LogP contribution in [0, 0.1) is 0 Å². The van der Waals surface area contributed by atoms with E-state index in [9.17, 15) is 0 Å². The van der Waals surface area contributed by atoms with E-state index in [4.69, 9.17) is 0 Å². The summed E-state index contributed by atoms with van der Waals surface area (Å²) in [6, 6.07) is 0. The Labute approximate surface area is 63.9 Å². The van der Waals surface area contributed by atoms with Crippen molar-refractivity contribution in [1.29, 1.82) is 0 Å². The highest BCUT2D eigenvalue weighted by atomic mass is 15.3. The molecule has 1 rings (SSSR count). The molecule has 1 saturated heterocycles. The van der Waals surface area contributed by atoms with Crippen LogP contribution in [-0.2, 0) is 0 Å². The normalized spacial score (nSPS) is 25.4. The number of likely N-dealkylation sites (tertiary alicyclic amines) is 1. The molecule has 0 aromatic rings. The van der Waals surface area contributed by atoms with Crippen LogP contribution in [0.4, 0.5) is 0 Å². The highest BCUT2D eigenvalue weighted by molar-refractivity contribution is 4.69. The highest BCUT2D eigenvalue weighted by Gasteiger charge is 2.20. The predicted molar refractivity (Wildman–Crippen MR) is 44.6 cm³/mol. The van der Waals surface area contributed by atoms with Crippen molar-refractivity contribution in [2.24, 2.45) is 0 Å². The van der Waals surface area contributed by atoms with Crippen LogP contribution in [0.15, 0.2) is 12.3 Å². The van der Waals surface area contributed by atoms with Gasteiger partial charge in [0.2, 0.25) is 0 Å². The van der Waals surface area contributed by atoms with Crippen LogP contribution in [0.3, 0.4) is 0 Å². The van der Waals surface area contributed by atoms with Gasteiger partial charge in [-0.25, -0.2) is 0 Å². The van der Waals surface area contributed by atoms with Gasteiger partial charge in [-0.2, -0.15) is 0 Å². The fourth-order valence-electron chi connectivity index (χ4n) is 1.74. The molecule has 1 aliphatic heterocycles. The maximum atomic E-state index is 2.32. The number of allylic oxidation sites excluding steroid dienone is 1. The molecule has 0 bridgehead atoms. The Morgan fingerprint density at radius 2 is 1.70 bits per heavy atom. The van der Waals surface area contributed by atoms with Crippen molar-refractivity contribution < 1.29 is 4.48 Å². The summed E-state index contributed by atoms with van der Waals surface area (Å²) in [4.78, 5) is 0. The van der Waals surface area contributed by atoms with Gasteiger partial charge < -0.3 is 0 Å². The molecule has 0 N–H and O–H groups in total. The van der Waals surface area contributed by atoms with Gasteiger partial charge in [0.1, 0.15) is 0 Å². The van der Waals surface area contributed by atoms with E-state index in [-0.39, 0.29) is 0 Å². The van der Waals surface area contributed by atoms with Crippen molar-refractivity contribution in [3.05, 3.63) is 12.3 Å². The fraction of sp³-hybridized carbons (Fsp3) is 0.778. The van der Waals surface area contributed by atoms with Gasteiger partial charge in [0, 0.05) is 0 Å². The second kappa shape index (κ2) is 3.20. The van der Waals surface area contributed by atoms with E-state index in [1.54, 1.807) is 0 Å². The molecular formula is C9H18N+. The molecule has 0 aromatic carbocycles. The zero-order chi connectivity index (χ0) is 7.45. The Kier molecular flexibility index (Phi) is 2.50. The molecule has 1 heteroatoms. The summed E-state index contributed by atoms with van der Waals surface area (Å²) in [7, 11) is 2.32. The van der Waals surface area contributed by atoms with Crippen molar-refractivity contribution in [3.63, 3.8) is 0 Å². The van der Waals surface area contributed by atoms with Crippen molar-refractivity contribution in [3.8, 4) is 0 Å². The maximum absolute atomic E-state index is 2.32. The minimum atomic E-state index is 1.16. The number of hydrogen-bond acceptors (Lipinski definition) is 0. The van der Waals surface area contributed by atoms with E-state index >= 15 is 0 Å². The lowest BCUT2D eigenvalue weighted by atomic mass is 10.1. The summed E-state index contributed by atoms with van der Waals surface area (Å²) in [5.74, 6) is 0. The van der Waals surface area contributed by atoms with E-state index in [0.29, 0.717) is 0 Å². The Hall–Kier alpha value is -0.300. The van der Waals surface area contributed by atoms with Crippen molar-refractivity contribution >= 4 is 0 Å². The first kappa shape index (κ1) is 7.80. The summed E-state index contributed by atoms with van der Waals surface area (Å²) in [5, 5.41) is 0. The lowest BCUT2D eigenvalue weighted by molar-refractivity contribution is -0.864. The summed E-state index contributed by atoms with van der Waals surface area (Å²) in [5.41, 5.74) is 0. The molecule has 1 nitrogen and oxygen atoms in total. The molecule has 58 valence electrons. The maximum Gasteiger partial charge on any atom is 0.0913 e. The Morgan fingerprint density at radius 1 is 1.10 bits per heavy atom. The van der Waals surface area contributed by atoms with Crippen LogP contribution in [-0.4, -0.2) is 24.6 Å². The molecule has 0 aromatic heterocycles. The number of hydrogen-bond donors (Lipinski definition) is 0. The second-order valence-corrected chi connectivity index (χ2v) is 3.47. The Bertz CT molecular complexity index is 121. The van der Waals surface area contributed by atoms with E-state index in [1.807, 2.05) is 0 Å². The average molecular weight is 140 g/mol. The van der Waals surface area contributed by atoms with Crippen molar-refractivity contribution in [1.82, 2.24) is 0 Å². The van der Waals surface area contributed by atoms with Crippen LogP contribution in [0.1, 0.15) is 26.2 Å². The fourth-order valence-corrected chi connectivity index (χ4v) is 1.74. The first-order chi connectivity index (χ1) is 4.77. The molecule has 0 saturated carbocycles. The number of rotatable bonds is 1. The molecular weight excluding hydrogens is 122 g/mol. The van der Waals surface area contributed by atoms with E-state index in [1.165, 1.54) is 32.4 Å². The summed E-state index contributed by atoms with van der Waals surface area (Å²) < 4.78 is 1.16. The number of nitrogens with zero attached hydrogens (tertiary/aromatic N) is 1. The molecule has 0 atom stereocenters. The summed E-state index contributed by atoms with van der Waals surface area (Å²) >= 11 is 0. The first-order valence-electron chi connectivity index (χ1n) is 4.25. The molecule has 0 radical (unpaired) electrons. The topological polar surface area (TPSA) is 0 Å². The van der Waals surface area contributed by atoms with Gasteiger partial charge in [0.05, 0.1) is 26.3 Å². The van der Waals surface area contributed by atoms with Crippen molar-refractivity contribution in [2.45, 2.75) is 26.2 Å². The molecule has 1 heterocycles. The molecule has 0 amide bonds.